The first-order valence-electron chi connectivity index (χ1n) is 4.86. The fraction of sp³-hybridized carbons (Fsp3) is 0.167. The van der Waals surface area contributed by atoms with Crippen LogP contribution in [0.3, 0.4) is 0 Å². The summed E-state index contributed by atoms with van der Waals surface area (Å²) in [6.07, 6.45) is 4.54. The average Bonchev–Trinajstić information content (AvgIpc) is 2.81. The van der Waals surface area contributed by atoms with E-state index in [1.807, 2.05) is 18.3 Å². The van der Waals surface area contributed by atoms with Gasteiger partial charge in [0.05, 0.1) is 19.2 Å². The van der Waals surface area contributed by atoms with E-state index in [1.54, 1.807) is 22.9 Å². The summed E-state index contributed by atoms with van der Waals surface area (Å²) in [5.74, 6) is -0.325. The van der Waals surface area contributed by atoms with Gasteiger partial charge in [0.1, 0.15) is 6.20 Å². The molecule has 0 amide bonds. The van der Waals surface area contributed by atoms with Crippen LogP contribution >= 0.6 is 0 Å². The molecule has 0 unspecified atom stereocenters. The highest BCUT2D eigenvalue weighted by Crippen LogP contribution is 2.07. The zero-order valence-electron chi connectivity index (χ0n) is 8.88. The minimum atomic E-state index is -0.325. The molecule has 1 aromatic carbocycles. The van der Waals surface area contributed by atoms with Crippen molar-refractivity contribution in [1.82, 2.24) is 9.78 Å². The summed E-state index contributed by atoms with van der Waals surface area (Å²) in [6.45, 7) is 0.619. The van der Waals surface area contributed by atoms with Gasteiger partial charge in [0.2, 0.25) is 0 Å². The summed E-state index contributed by atoms with van der Waals surface area (Å²) in [7, 11) is 1.37. The van der Waals surface area contributed by atoms with Crippen LogP contribution in [0.2, 0.25) is 0 Å². The van der Waals surface area contributed by atoms with E-state index in [1.165, 1.54) is 7.11 Å². The normalized spacial score (nSPS) is 10.1. The first-order valence-corrected chi connectivity index (χ1v) is 4.86. The Kier molecular flexibility index (Phi) is 3.00. The van der Waals surface area contributed by atoms with Crippen LogP contribution in [0.4, 0.5) is 0 Å². The smallest absolute Gasteiger partial charge is 0.337 e. The molecule has 2 aromatic rings. The van der Waals surface area contributed by atoms with Crippen LogP contribution in [0.25, 0.3) is 0 Å². The predicted molar refractivity (Wildman–Crippen MR) is 57.9 cm³/mol. The third-order valence-electron chi connectivity index (χ3n) is 2.20. The van der Waals surface area contributed by atoms with Crippen LogP contribution in [0.5, 0.6) is 0 Å². The van der Waals surface area contributed by atoms with Gasteiger partial charge >= 0.3 is 5.97 Å². The Morgan fingerprint density at radius 1 is 1.56 bits per heavy atom. The molecule has 0 bridgehead atoms. The Balaban J connectivity index is 2.19. The second-order valence-electron chi connectivity index (χ2n) is 3.33. The van der Waals surface area contributed by atoms with Gasteiger partial charge in [-0.2, -0.15) is 5.10 Å². The Labute approximate surface area is 93.5 Å². The van der Waals surface area contributed by atoms with E-state index in [2.05, 4.69) is 16.0 Å². The van der Waals surface area contributed by atoms with Crippen LogP contribution in [-0.4, -0.2) is 22.9 Å². The minimum absolute atomic E-state index is 0.325. The molecule has 0 N–H and O–H groups in total. The van der Waals surface area contributed by atoms with Gasteiger partial charge in [-0.1, -0.05) is 12.1 Å². The SMILES string of the molecule is COC(=O)c1cccc(Cn2cc[c]n2)c1. The van der Waals surface area contributed by atoms with E-state index in [-0.39, 0.29) is 5.97 Å². The number of hydrogen-bond acceptors (Lipinski definition) is 3. The predicted octanol–water partition coefficient (Wildman–Crippen LogP) is 1.52. The lowest BCUT2D eigenvalue weighted by atomic mass is 10.1. The molecule has 0 aliphatic carbocycles. The number of hydrogen-bond donors (Lipinski definition) is 0. The number of benzene rings is 1. The van der Waals surface area contributed by atoms with E-state index in [4.69, 9.17) is 0 Å². The number of carbonyl (C=O) groups is 1. The molecule has 0 aliphatic heterocycles. The Morgan fingerprint density at radius 3 is 3.12 bits per heavy atom. The van der Waals surface area contributed by atoms with Gasteiger partial charge in [-0.15, -0.1) is 0 Å². The maximum atomic E-state index is 11.3. The third kappa shape index (κ3) is 2.28. The van der Waals surface area contributed by atoms with Gasteiger partial charge in [0, 0.05) is 6.20 Å². The lowest BCUT2D eigenvalue weighted by Crippen LogP contribution is -2.04. The van der Waals surface area contributed by atoms with E-state index in [0.29, 0.717) is 12.1 Å². The van der Waals surface area contributed by atoms with E-state index in [9.17, 15) is 4.79 Å². The molecule has 0 atom stereocenters. The molecular formula is C12H11N2O2. The van der Waals surface area contributed by atoms with Crippen molar-refractivity contribution < 1.29 is 9.53 Å². The van der Waals surface area contributed by atoms with Crippen LogP contribution in [-0.2, 0) is 11.3 Å². The molecule has 0 saturated carbocycles. The molecule has 1 radical (unpaired) electrons. The van der Waals surface area contributed by atoms with E-state index in [0.717, 1.165) is 5.56 Å². The molecule has 0 saturated heterocycles. The molecule has 4 nitrogen and oxygen atoms in total. The number of aromatic nitrogens is 2. The quantitative estimate of drug-likeness (QED) is 0.729. The molecule has 0 aliphatic rings. The van der Waals surface area contributed by atoms with Crippen LogP contribution in [0.15, 0.2) is 36.5 Å². The van der Waals surface area contributed by atoms with Gasteiger partial charge in [-0.3, -0.25) is 4.68 Å². The average molecular weight is 215 g/mol. The van der Waals surface area contributed by atoms with Crippen molar-refractivity contribution in [2.75, 3.05) is 7.11 Å². The molecule has 1 aromatic heterocycles. The van der Waals surface area contributed by atoms with Crippen molar-refractivity contribution in [1.29, 1.82) is 0 Å². The maximum absolute atomic E-state index is 11.3. The van der Waals surface area contributed by atoms with Crippen molar-refractivity contribution in [3.8, 4) is 0 Å². The Hall–Kier alpha value is -2.10. The van der Waals surface area contributed by atoms with Crippen LogP contribution in [0, 0.1) is 6.20 Å². The fourth-order valence-electron chi connectivity index (χ4n) is 1.45. The van der Waals surface area contributed by atoms with Crippen molar-refractivity contribution >= 4 is 5.97 Å². The fourth-order valence-corrected chi connectivity index (χ4v) is 1.45. The van der Waals surface area contributed by atoms with Gasteiger partial charge < -0.3 is 4.74 Å². The lowest BCUT2D eigenvalue weighted by molar-refractivity contribution is 0.0600. The van der Waals surface area contributed by atoms with Crippen LogP contribution in [0.1, 0.15) is 15.9 Å². The monoisotopic (exact) mass is 215 g/mol. The minimum Gasteiger partial charge on any atom is -0.465 e. The highest BCUT2D eigenvalue weighted by molar-refractivity contribution is 5.89. The number of ether oxygens (including phenoxy) is 1. The topological polar surface area (TPSA) is 44.1 Å². The summed E-state index contributed by atoms with van der Waals surface area (Å²) >= 11 is 0. The maximum Gasteiger partial charge on any atom is 0.337 e. The summed E-state index contributed by atoms with van der Waals surface area (Å²) < 4.78 is 6.41. The number of rotatable bonds is 3. The zero-order valence-corrected chi connectivity index (χ0v) is 8.88. The third-order valence-corrected chi connectivity index (χ3v) is 2.20. The van der Waals surface area contributed by atoms with Crippen LogP contribution < -0.4 is 0 Å². The Morgan fingerprint density at radius 2 is 2.44 bits per heavy atom. The first-order chi connectivity index (χ1) is 7.79. The van der Waals surface area contributed by atoms with E-state index >= 15 is 0 Å². The molecule has 0 fully saturated rings. The molecule has 1 heterocycles. The second kappa shape index (κ2) is 4.61. The van der Waals surface area contributed by atoms with Crippen molar-refractivity contribution in [3.63, 3.8) is 0 Å². The van der Waals surface area contributed by atoms with Gasteiger partial charge in [-0.25, -0.2) is 4.79 Å². The first kappa shape index (κ1) is 10.4. The van der Waals surface area contributed by atoms with Gasteiger partial charge in [0.15, 0.2) is 0 Å². The molecule has 16 heavy (non-hydrogen) atoms. The zero-order chi connectivity index (χ0) is 11.4. The molecule has 4 heteroatoms. The number of esters is 1. The summed E-state index contributed by atoms with van der Waals surface area (Å²) in [5.41, 5.74) is 1.55. The Bertz CT molecular complexity index is 478. The van der Waals surface area contributed by atoms with Crippen molar-refractivity contribution in [2.45, 2.75) is 6.54 Å². The highest BCUT2D eigenvalue weighted by Gasteiger charge is 2.05. The van der Waals surface area contributed by atoms with E-state index < -0.39 is 0 Å². The van der Waals surface area contributed by atoms with Crippen molar-refractivity contribution in [3.05, 3.63) is 53.9 Å². The summed E-state index contributed by atoms with van der Waals surface area (Å²) in [6, 6.07) is 9.03. The highest BCUT2D eigenvalue weighted by atomic mass is 16.5. The second-order valence-corrected chi connectivity index (χ2v) is 3.33. The number of nitrogens with zero attached hydrogens (tertiary/aromatic N) is 2. The number of methoxy groups -OCH3 is 1. The van der Waals surface area contributed by atoms with Crippen molar-refractivity contribution in [2.24, 2.45) is 0 Å². The molecule has 81 valence electrons. The summed E-state index contributed by atoms with van der Waals surface area (Å²) in [5, 5.41) is 3.98. The summed E-state index contributed by atoms with van der Waals surface area (Å²) in [4.78, 5) is 11.3. The lowest BCUT2D eigenvalue weighted by Gasteiger charge is -2.04. The molecule has 0 spiro atoms. The van der Waals surface area contributed by atoms with Gasteiger partial charge in [-0.05, 0) is 23.8 Å². The standard InChI is InChI=1S/C12H11N2O2/c1-16-12(15)11-5-2-4-10(8-11)9-14-7-3-6-13-14/h2-5,7-8H,9H2,1H3. The molecule has 2 rings (SSSR count). The largest absolute Gasteiger partial charge is 0.465 e. The number of carbonyl (C=O) groups excluding carboxylic acids is 1. The molecular weight excluding hydrogens is 204 g/mol. The van der Waals surface area contributed by atoms with Gasteiger partial charge in [0.25, 0.3) is 0 Å².